The smallest absolute Gasteiger partial charge is 0.128 e. The average Bonchev–Trinajstić information content (AvgIpc) is 2.40. The second-order valence-electron chi connectivity index (χ2n) is 3.66. The number of rotatable bonds is 4. The molecule has 0 saturated heterocycles. The number of hydrogen-bond donors (Lipinski definition) is 0. The highest BCUT2D eigenvalue weighted by Gasteiger charge is 2.02. The molecule has 2 rings (SSSR count). The molecular weight excluding hydrogens is 360 g/mol. The third-order valence-electron chi connectivity index (χ3n) is 2.46. The molecular formula is C14H12Br2O2. The summed E-state index contributed by atoms with van der Waals surface area (Å²) in [4.78, 5) is 0. The minimum Gasteiger partial charge on any atom is -0.497 e. The van der Waals surface area contributed by atoms with Gasteiger partial charge in [0.1, 0.15) is 17.2 Å². The van der Waals surface area contributed by atoms with Crippen LogP contribution in [0.4, 0.5) is 0 Å². The monoisotopic (exact) mass is 370 g/mol. The Morgan fingerprint density at radius 3 is 2.11 bits per heavy atom. The number of benzene rings is 2. The Bertz CT molecular complexity index is 524. The van der Waals surface area contributed by atoms with E-state index in [0.717, 1.165) is 27.1 Å². The molecule has 0 unspecified atom stereocenters. The lowest BCUT2D eigenvalue weighted by atomic mass is 10.2. The molecule has 0 fully saturated rings. The lowest BCUT2D eigenvalue weighted by molar-refractivity contribution is 0.413. The Morgan fingerprint density at radius 2 is 1.56 bits per heavy atom. The summed E-state index contributed by atoms with van der Waals surface area (Å²) in [5, 5.41) is 0.816. The highest BCUT2D eigenvalue weighted by molar-refractivity contribution is 9.10. The van der Waals surface area contributed by atoms with E-state index in [0.29, 0.717) is 0 Å². The van der Waals surface area contributed by atoms with Crippen LogP contribution in [0.2, 0.25) is 0 Å². The van der Waals surface area contributed by atoms with Crippen LogP contribution in [-0.2, 0) is 5.33 Å². The number of ether oxygens (including phenoxy) is 2. The molecule has 2 aromatic rings. The highest BCUT2D eigenvalue weighted by Crippen LogP contribution is 2.29. The summed E-state index contributed by atoms with van der Waals surface area (Å²) in [5.74, 6) is 2.41. The molecule has 0 bridgehead atoms. The van der Waals surface area contributed by atoms with Crippen molar-refractivity contribution in [2.45, 2.75) is 5.33 Å². The zero-order valence-electron chi connectivity index (χ0n) is 9.82. The SMILES string of the molecule is COc1ccc(Oc2ccc(CBr)c(Br)c2)cc1. The van der Waals surface area contributed by atoms with E-state index in [9.17, 15) is 0 Å². The number of halogens is 2. The van der Waals surface area contributed by atoms with Crippen molar-refractivity contribution in [3.63, 3.8) is 0 Å². The van der Waals surface area contributed by atoms with E-state index in [1.807, 2.05) is 42.5 Å². The van der Waals surface area contributed by atoms with Crippen LogP contribution < -0.4 is 9.47 Å². The number of alkyl halides is 1. The van der Waals surface area contributed by atoms with Gasteiger partial charge in [0.2, 0.25) is 0 Å². The van der Waals surface area contributed by atoms with Gasteiger partial charge in [0.15, 0.2) is 0 Å². The van der Waals surface area contributed by atoms with E-state index in [1.54, 1.807) is 7.11 Å². The summed E-state index contributed by atoms with van der Waals surface area (Å²) in [6.07, 6.45) is 0. The molecule has 2 nitrogen and oxygen atoms in total. The summed E-state index contributed by atoms with van der Waals surface area (Å²) in [5.41, 5.74) is 1.19. The van der Waals surface area contributed by atoms with Crippen LogP contribution in [0, 0.1) is 0 Å². The van der Waals surface area contributed by atoms with Gasteiger partial charge in [-0.15, -0.1) is 0 Å². The Morgan fingerprint density at radius 1 is 0.944 bits per heavy atom. The van der Waals surface area contributed by atoms with Crippen LogP contribution in [0.25, 0.3) is 0 Å². The van der Waals surface area contributed by atoms with Gasteiger partial charge in [-0.1, -0.05) is 37.9 Å². The fraction of sp³-hybridized carbons (Fsp3) is 0.143. The van der Waals surface area contributed by atoms with Crippen LogP contribution in [0.1, 0.15) is 5.56 Å². The highest BCUT2D eigenvalue weighted by atomic mass is 79.9. The van der Waals surface area contributed by atoms with Crippen molar-refractivity contribution in [2.75, 3.05) is 7.11 Å². The van der Waals surface area contributed by atoms with Gasteiger partial charge in [-0.2, -0.15) is 0 Å². The summed E-state index contributed by atoms with van der Waals surface area (Å²) in [6.45, 7) is 0. The summed E-state index contributed by atoms with van der Waals surface area (Å²) < 4.78 is 11.9. The zero-order chi connectivity index (χ0) is 13.0. The van der Waals surface area contributed by atoms with Crippen LogP contribution >= 0.6 is 31.9 Å². The standard InChI is InChI=1S/C14H12Br2O2/c1-17-11-4-6-12(7-5-11)18-13-3-2-10(9-15)14(16)8-13/h2-8H,9H2,1H3. The maximum absolute atomic E-state index is 5.76. The molecule has 0 spiro atoms. The lowest BCUT2D eigenvalue weighted by Gasteiger charge is -2.08. The lowest BCUT2D eigenvalue weighted by Crippen LogP contribution is -1.87. The Kier molecular flexibility index (Phi) is 4.66. The molecule has 0 aliphatic heterocycles. The van der Waals surface area contributed by atoms with Crippen molar-refractivity contribution in [2.24, 2.45) is 0 Å². The maximum atomic E-state index is 5.76. The van der Waals surface area contributed by atoms with Gasteiger partial charge in [0.05, 0.1) is 7.11 Å². The minimum atomic E-state index is 0.786. The van der Waals surface area contributed by atoms with E-state index in [1.165, 1.54) is 5.56 Å². The van der Waals surface area contributed by atoms with E-state index in [-0.39, 0.29) is 0 Å². The van der Waals surface area contributed by atoms with Crippen LogP contribution in [-0.4, -0.2) is 7.11 Å². The van der Waals surface area contributed by atoms with Crippen LogP contribution in [0.3, 0.4) is 0 Å². The Hall–Kier alpha value is -1.000. The fourth-order valence-electron chi connectivity index (χ4n) is 1.48. The molecule has 0 heterocycles. The molecule has 0 saturated carbocycles. The maximum Gasteiger partial charge on any atom is 0.128 e. The van der Waals surface area contributed by atoms with Gasteiger partial charge in [0, 0.05) is 9.80 Å². The molecule has 0 N–H and O–H groups in total. The third-order valence-corrected chi connectivity index (χ3v) is 3.81. The van der Waals surface area contributed by atoms with E-state index >= 15 is 0 Å². The molecule has 2 aromatic carbocycles. The minimum absolute atomic E-state index is 0.786. The van der Waals surface area contributed by atoms with E-state index in [4.69, 9.17) is 9.47 Å². The molecule has 0 atom stereocenters. The van der Waals surface area contributed by atoms with Gasteiger partial charge >= 0.3 is 0 Å². The van der Waals surface area contributed by atoms with Gasteiger partial charge in [-0.3, -0.25) is 0 Å². The fourth-order valence-corrected chi connectivity index (χ4v) is 2.84. The molecule has 94 valence electrons. The van der Waals surface area contributed by atoms with Gasteiger partial charge < -0.3 is 9.47 Å². The van der Waals surface area contributed by atoms with Crippen molar-refractivity contribution in [1.82, 2.24) is 0 Å². The first-order chi connectivity index (χ1) is 8.72. The molecule has 0 aromatic heterocycles. The first-order valence-corrected chi connectivity index (χ1v) is 7.30. The van der Waals surface area contributed by atoms with Gasteiger partial charge in [-0.25, -0.2) is 0 Å². The first kappa shape index (κ1) is 13.4. The second-order valence-corrected chi connectivity index (χ2v) is 5.08. The number of methoxy groups -OCH3 is 1. The quantitative estimate of drug-likeness (QED) is 0.692. The predicted molar refractivity (Wildman–Crippen MR) is 79.8 cm³/mol. The molecule has 18 heavy (non-hydrogen) atoms. The summed E-state index contributed by atoms with van der Waals surface area (Å²) >= 11 is 6.94. The molecule has 0 amide bonds. The summed E-state index contributed by atoms with van der Waals surface area (Å²) in [6, 6.07) is 13.4. The Labute approximate surface area is 123 Å². The van der Waals surface area contributed by atoms with Gasteiger partial charge in [-0.05, 0) is 42.0 Å². The normalized spacial score (nSPS) is 10.2. The molecule has 0 aliphatic rings. The zero-order valence-corrected chi connectivity index (χ0v) is 13.0. The van der Waals surface area contributed by atoms with Crippen molar-refractivity contribution in [1.29, 1.82) is 0 Å². The molecule has 0 aliphatic carbocycles. The second kappa shape index (κ2) is 6.25. The largest absolute Gasteiger partial charge is 0.497 e. The topological polar surface area (TPSA) is 18.5 Å². The Balaban J connectivity index is 2.15. The van der Waals surface area contributed by atoms with Crippen molar-refractivity contribution >= 4 is 31.9 Å². The predicted octanol–water partition coefficient (Wildman–Crippen LogP) is 5.14. The molecule has 0 radical (unpaired) electrons. The first-order valence-electron chi connectivity index (χ1n) is 5.39. The van der Waals surface area contributed by atoms with Crippen LogP contribution in [0.5, 0.6) is 17.2 Å². The van der Waals surface area contributed by atoms with Crippen molar-refractivity contribution in [3.8, 4) is 17.2 Å². The van der Waals surface area contributed by atoms with Crippen LogP contribution in [0.15, 0.2) is 46.9 Å². The van der Waals surface area contributed by atoms with E-state index in [2.05, 4.69) is 31.9 Å². The van der Waals surface area contributed by atoms with E-state index < -0.39 is 0 Å². The van der Waals surface area contributed by atoms with Crippen molar-refractivity contribution < 1.29 is 9.47 Å². The third kappa shape index (κ3) is 3.27. The van der Waals surface area contributed by atoms with Crippen molar-refractivity contribution in [3.05, 3.63) is 52.5 Å². The summed E-state index contributed by atoms with van der Waals surface area (Å²) in [7, 11) is 1.64. The van der Waals surface area contributed by atoms with Gasteiger partial charge in [0.25, 0.3) is 0 Å². The average molecular weight is 372 g/mol. The molecule has 4 heteroatoms. The number of hydrogen-bond acceptors (Lipinski definition) is 2.